The van der Waals surface area contributed by atoms with Gasteiger partial charge < -0.3 is 4.90 Å². The molecule has 1 heterocycles. The van der Waals surface area contributed by atoms with Crippen LogP contribution in [-0.2, 0) is 17.6 Å². The molecule has 0 radical (unpaired) electrons. The van der Waals surface area contributed by atoms with Gasteiger partial charge in [-0.3, -0.25) is 4.79 Å². The molecule has 0 aliphatic rings. The lowest BCUT2D eigenvalue weighted by atomic mass is 10.0. The van der Waals surface area contributed by atoms with Crippen molar-refractivity contribution in [2.75, 3.05) is 13.1 Å². The molecule has 3 rings (SSSR count). The molecule has 142 valence electrons. The van der Waals surface area contributed by atoms with Gasteiger partial charge in [-0.1, -0.05) is 56.3 Å². The lowest BCUT2D eigenvalue weighted by molar-refractivity contribution is -0.130. The second kappa shape index (κ2) is 9.14. The molecule has 0 atom stereocenters. The lowest BCUT2D eigenvalue weighted by Gasteiger charge is -2.21. The minimum Gasteiger partial charge on any atom is -0.342 e. The summed E-state index contributed by atoms with van der Waals surface area (Å²) in [7, 11) is 0. The van der Waals surface area contributed by atoms with E-state index >= 15 is 0 Å². The first kappa shape index (κ1) is 19.6. The van der Waals surface area contributed by atoms with E-state index in [-0.39, 0.29) is 5.91 Å². The fourth-order valence-corrected chi connectivity index (χ4v) is 4.57. The summed E-state index contributed by atoms with van der Waals surface area (Å²) in [5, 5.41) is 3.63. The zero-order chi connectivity index (χ0) is 19.2. The third kappa shape index (κ3) is 4.75. The third-order valence-corrected chi connectivity index (χ3v) is 5.97. The van der Waals surface area contributed by atoms with Crippen LogP contribution in [0.5, 0.6) is 0 Å². The number of hydrogen-bond donors (Lipinski definition) is 0. The first-order chi connectivity index (χ1) is 13.1. The molecule has 0 aliphatic heterocycles. The highest BCUT2D eigenvalue weighted by Gasteiger charge is 2.17. The fourth-order valence-electron chi connectivity index (χ4n) is 3.49. The summed E-state index contributed by atoms with van der Waals surface area (Å²) < 4.78 is 0. The fraction of sp³-hybridized carbons (Fsp3) is 0.391. The first-order valence-electron chi connectivity index (χ1n) is 9.82. The Morgan fingerprint density at radius 3 is 2.48 bits per heavy atom. The minimum atomic E-state index is 0.224. The molecule has 0 spiro atoms. The second-order valence-electron chi connectivity index (χ2n) is 6.99. The Hall–Kier alpha value is -2.20. The standard InChI is InChI=1S/C23H28N2OS/c1-4-13-25(14-5-2)23(26)16-21-17(3)24-22(27-21)15-19-11-8-10-18-9-6-7-12-20(18)19/h6-12H,4-5,13-16H2,1-3H3. The van der Waals surface area contributed by atoms with E-state index in [4.69, 9.17) is 4.98 Å². The van der Waals surface area contributed by atoms with E-state index in [2.05, 4.69) is 56.3 Å². The normalized spacial score (nSPS) is 11.1. The van der Waals surface area contributed by atoms with Gasteiger partial charge in [-0.05, 0) is 36.1 Å². The van der Waals surface area contributed by atoms with Crippen LogP contribution in [0.3, 0.4) is 0 Å². The third-order valence-electron chi connectivity index (χ3n) is 4.81. The molecule has 0 fully saturated rings. The van der Waals surface area contributed by atoms with E-state index in [1.165, 1.54) is 16.3 Å². The van der Waals surface area contributed by atoms with Crippen LogP contribution in [0.25, 0.3) is 10.8 Å². The summed E-state index contributed by atoms with van der Waals surface area (Å²) in [5.74, 6) is 0.224. The summed E-state index contributed by atoms with van der Waals surface area (Å²) in [6, 6.07) is 14.9. The van der Waals surface area contributed by atoms with Crippen molar-refractivity contribution in [3.05, 3.63) is 63.6 Å². The number of aromatic nitrogens is 1. The molecule has 1 amide bonds. The van der Waals surface area contributed by atoms with Gasteiger partial charge in [-0.2, -0.15) is 0 Å². The maximum absolute atomic E-state index is 12.7. The van der Waals surface area contributed by atoms with E-state index in [1.807, 2.05) is 11.8 Å². The van der Waals surface area contributed by atoms with Crippen molar-refractivity contribution in [2.45, 2.75) is 46.5 Å². The van der Waals surface area contributed by atoms with Gasteiger partial charge in [0.05, 0.1) is 17.1 Å². The Balaban J connectivity index is 1.77. The Bertz CT molecular complexity index is 904. The quantitative estimate of drug-likeness (QED) is 0.525. The number of thiazole rings is 1. The Kier molecular flexibility index (Phi) is 6.62. The molecule has 0 aliphatic carbocycles. The van der Waals surface area contributed by atoms with Gasteiger partial charge in [0.15, 0.2) is 0 Å². The zero-order valence-corrected chi connectivity index (χ0v) is 17.3. The molecule has 0 saturated carbocycles. The molecule has 3 aromatic rings. The highest BCUT2D eigenvalue weighted by molar-refractivity contribution is 7.11. The number of carbonyl (C=O) groups is 1. The van der Waals surface area contributed by atoms with Gasteiger partial charge in [-0.15, -0.1) is 11.3 Å². The maximum Gasteiger partial charge on any atom is 0.227 e. The molecule has 0 N–H and O–H groups in total. The van der Waals surface area contributed by atoms with Gasteiger partial charge in [-0.25, -0.2) is 4.98 Å². The van der Waals surface area contributed by atoms with Crippen LogP contribution in [-0.4, -0.2) is 28.9 Å². The molecule has 0 bridgehead atoms. The van der Waals surface area contributed by atoms with Crippen LogP contribution in [0.2, 0.25) is 0 Å². The maximum atomic E-state index is 12.7. The molecule has 1 aromatic heterocycles. The number of rotatable bonds is 8. The Morgan fingerprint density at radius 2 is 1.74 bits per heavy atom. The molecular weight excluding hydrogens is 352 g/mol. The number of benzene rings is 2. The lowest BCUT2D eigenvalue weighted by Crippen LogP contribution is -2.33. The van der Waals surface area contributed by atoms with E-state index in [0.29, 0.717) is 6.42 Å². The minimum absolute atomic E-state index is 0.224. The summed E-state index contributed by atoms with van der Waals surface area (Å²) in [5.41, 5.74) is 2.29. The van der Waals surface area contributed by atoms with Crippen LogP contribution in [0.15, 0.2) is 42.5 Å². The number of nitrogens with zero attached hydrogens (tertiary/aromatic N) is 2. The zero-order valence-electron chi connectivity index (χ0n) is 16.5. The number of aryl methyl sites for hydroxylation is 1. The topological polar surface area (TPSA) is 33.2 Å². The van der Waals surface area contributed by atoms with Gasteiger partial charge in [0.1, 0.15) is 0 Å². The summed E-state index contributed by atoms with van der Waals surface area (Å²) in [4.78, 5) is 20.6. The molecule has 0 unspecified atom stereocenters. The van der Waals surface area contributed by atoms with E-state index < -0.39 is 0 Å². The average molecular weight is 381 g/mol. The van der Waals surface area contributed by atoms with Crippen LogP contribution in [0.1, 0.15) is 47.8 Å². The van der Waals surface area contributed by atoms with Gasteiger partial charge in [0.2, 0.25) is 5.91 Å². The monoisotopic (exact) mass is 380 g/mol. The van der Waals surface area contributed by atoms with Crippen molar-refractivity contribution < 1.29 is 4.79 Å². The van der Waals surface area contributed by atoms with Gasteiger partial charge in [0.25, 0.3) is 0 Å². The van der Waals surface area contributed by atoms with Crippen molar-refractivity contribution in [3.8, 4) is 0 Å². The number of fused-ring (bicyclic) bond motifs is 1. The Morgan fingerprint density at radius 1 is 1.04 bits per heavy atom. The van der Waals surface area contributed by atoms with Crippen molar-refractivity contribution in [2.24, 2.45) is 0 Å². The summed E-state index contributed by atoms with van der Waals surface area (Å²) >= 11 is 1.69. The molecule has 2 aromatic carbocycles. The predicted molar refractivity (Wildman–Crippen MR) is 114 cm³/mol. The highest BCUT2D eigenvalue weighted by atomic mass is 32.1. The number of amides is 1. The van der Waals surface area contributed by atoms with Crippen LogP contribution in [0.4, 0.5) is 0 Å². The predicted octanol–water partition coefficient (Wildman–Crippen LogP) is 5.39. The molecule has 0 saturated heterocycles. The van der Waals surface area contributed by atoms with E-state index in [0.717, 1.165) is 47.9 Å². The summed E-state index contributed by atoms with van der Waals surface area (Å²) in [6.45, 7) is 7.95. The van der Waals surface area contributed by atoms with Crippen LogP contribution < -0.4 is 0 Å². The average Bonchev–Trinajstić information content (AvgIpc) is 3.01. The van der Waals surface area contributed by atoms with Crippen molar-refractivity contribution in [3.63, 3.8) is 0 Å². The van der Waals surface area contributed by atoms with Gasteiger partial charge in [0, 0.05) is 24.4 Å². The van der Waals surface area contributed by atoms with Crippen LogP contribution >= 0.6 is 11.3 Å². The van der Waals surface area contributed by atoms with Crippen LogP contribution in [0, 0.1) is 6.92 Å². The first-order valence-corrected chi connectivity index (χ1v) is 10.6. The van der Waals surface area contributed by atoms with Crippen molar-refractivity contribution >= 4 is 28.0 Å². The molecular formula is C23H28N2OS. The summed E-state index contributed by atoms with van der Waals surface area (Å²) in [6.07, 6.45) is 3.28. The van der Waals surface area contributed by atoms with Crippen molar-refractivity contribution in [1.29, 1.82) is 0 Å². The number of hydrogen-bond acceptors (Lipinski definition) is 3. The molecule has 27 heavy (non-hydrogen) atoms. The number of carbonyl (C=O) groups excluding carboxylic acids is 1. The SMILES string of the molecule is CCCN(CCC)C(=O)Cc1sc(Cc2cccc3ccccc23)nc1C. The van der Waals surface area contributed by atoms with E-state index in [1.54, 1.807) is 11.3 Å². The smallest absolute Gasteiger partial charge is 0.227 e. The van der Waals surface area contributed by atoms with E-state index in [9.17, 15) is 4.79 Å². The second-order valence-corrected chi connectivity index (χ2v) is 8.16. The van der Waals surface area contributed by atoms with Crippen molar-refractivity contribution in [1.82, 2.24) is 9.88 Å². The van der Waals surface area contributed by atoms with Gasteiger partial charge >= 0.3 is 0 Å². The Labute approximate surface area is 166 Å². The largest absolute Gasteiger partial charge is 0.342 e. The highest BCUT2D eigenvalue weighted by Crippen LogP contribution is 2.25. The molecule has 4 heteroatoms. The molecule has 3 nitrogen and oxygen atoms in total.